The van der Waals surface area contributed by atoms with Crippen molar-refractivity contribution in [2.75, 3.05) is 9.80 Å². The molecule has 278 valence electrons. The first kappa shape index (κ1) is 33.9. The van der Waals surface area contributed by atoms with E-state index in [-0.39, 0.29) is 0 Å². The molecule has 0 saturated carbocycles. The minimum Gasteiger partial charge on any atom is -0.310 e. The van der Waals surface area contributed by atoms with Gasteiger partial charge in [-0.15, -0.1) is 22.7 Å². The first-order chi connectivity index (χ1) is 29.2. The summed E-state index contributed by atoms with van der Waals surface area (Å²) in [5, 5.41) is 7.60. The van der Waals surface area contributed by atoms with Crippen molar-refractivity contribution in [3.05, 3.63) is 212 Å². The van der Waals surface area contributed by atoms with Crippen molar-refractivity contribution in [2.45, 2.75) is 0 Å². The van der Waals surface area contributed by atoms with E-state index in [1.807, 2.05) is 22.7 Å². The van der Waals surface area contributed by atoms with Crippen LogP contribution in [0.25, 0.3) is 67.8 Å². The average molecular weight is 790 g/mol. The van der Waals surface area contributed by atoms with E-state index in [0.717, 1.165) is 39.8 Å². The Hall–Kier alpha value is -7.18. The summed E-state index contributed by atoms with van der Waals surface area (Å²) in [7, 11) is 0. The zero-order valence-electron chi connectivity index (χ0n) is 31.9. The molecule has 0 atom stereocenters. The lowest BCUT2D eigenvalue weighted by atomic mass is 10.1. The zero-order valence-corrected chi connectivity index (χ0v) is 33.5. The molecule has 0 saturated heterocycles. The molecule has 0 N–H and O–H groups in total. The molecule has 3 heterocycles. The van der Waals surface area contributed by atoms with E-state index in [4.69, 9.17) is 0 Å². The molecule has 0 unspecified atom stereocenters. The van der Waals surface area contributed by atoms with Gasteiger partial charge in [-0.1, -0.05) is 103 Å². The molecule has 3 aromatic heterocycles. The smallest absolute Gasteiger partial charge is 0.0542 e. The number of anilines is 6. The molecule has 0 aliphatic carbocycles. The second-order valence-corrected chi connectivity index (χ2v) is 17.1. The highest BCUT2D eigenvalue weighted by Crippen LogP contribution is 2.46. The highest BCUT2D eigenvalue weighted by molar-refractivity contribution is 7.26. The van der Waals surface area contributed by atoms with E-state index < -0.39 is 0 Å². The summed E-state index contributed by atoms with van der Waals surface area (Å²) in [6, 6.07) is 77.4. The van der Waals surface area contributed by atoms with E-state index in [1.165, 1.54) is 62.2 Å². The molecule has 0 aliphatic heterocycles. The molecule has 0 bridgehead atoms. The van der Waals surface area contributed by atoms with Gasteiger partial charge >= 0.3 is 0 Å². The third-order valence-corrected chi connectivity index (χ3v) is 13.8. The van der Waals surface area contributed by atoms with Gasteiger partial charge in [-0.25, -0.2) is 0 Å². The Balaban J connectivity index is 1.04. The van der Waals surface area contributed by atoms with Crippen LogP contribution in [0.2, 0.25) is 0 Å². The number of thiophene rings is 2. The highest BCUT2D eigenvalue weighted by Gasteiger charge is 2.20. The zero-order chi connectivity index (χ0) is 38.9. The predicted molar refractivity (Wildman–Crippen MR) is 256 cm³/mol. The van der Waals surface area contributed by atoms with Gasteiger partial charge < -0.3 is 14.4 Å². The summed E-state index contributed by atoms with van der Waals surface area (Å²) in [6.45, 7) is 0. The van der Waals surface area contributed by atoms with E-state index >= 15 is 0 Å². The van der Waals surface area contributed by atoms with Gasteiger partial charge in [-0.05, 0) is 109 Å². The number of rotatable bonds is 7. The van der Waals surface area contributed by atoms with E-state index in [1.54, 1.807) is 0 Å². The lowest BCUT2D eigenvalue weighted by molar-refractivity contribution is 1.18. The Kier molecular flexibility index (Phi) is 7.90. The van der Waals surface area contributed by atoms with Gasteiger partial charge in [0, 0.05) is 90.9 Å². The first-order valence-electron chi connectivity index (χ1n) is 19.9. The third kappa shape index (κ3) is 5.62. The fourth-order valence-corrected chi connectivity index (χ4v) is 11.1. The second-order valence-electron chi connectivity index (χ2n) is 15.0. The molecule has 12 rings (SSSR count). The van der Waals surface area contributed by atoms with Crippen molar-refractivity contribution >= 4 is 119 Å². The monoisotopic (exact) mass is 789 g/mol. The van der Waals surface area contributed by atoms with Gasteiger partial charge in [0.1, 0.15) is 0 Å². The maximum atomic E-state index is 2.44. The number of aromatic nitrogens is 1. The van der Waals surface area contributed by atoms with Crippen LogP contribution < -0.4 is 9.80 Å². The molecule has 0 aliphatic rings. The molecule has 0 radical (unpaired) electrons. The van der Waals surface area contributed by atoms with E-state index in [9.17, 15) is 0 Å². The average Bonchev–Trinajstić information content (AvgIpc) is 3.96. The van der Waals surface area contributed by atoms with Gasteiger partial charge in [-0.2, -0.15) is 0 Å². The van der Waals surface area contributed by atoms with Gasteiger partial charge in [0.05, 0.1) is 11.0 Å². The maximum Gasteiger partial charge on any atom is 0.0542 e. The number of fused-ring (bicyclic) bond motifs is 9. The molecule has 5 heteroatoms. The van der Waals surface area contributed by atoms with E-state index in [0.29, 0.717) is 0 Å². The summed E-state index contributed by atoms with van der Waals surface area (Å²) >= 11 is 3.72. The fraction of sp³-hybridized carbons (Fsp3) is 0. The van der Waals surface area contributed by atoms with Gasteiger partial charge in [0.2, 0.25) is 0 Å². The molecule has 0 amide bonds. The van der Waals surface area contributed by atoms with Crippen molar-refractivity contribution in [1.29, 1.82) is 0 Å². The molecule has 0 spiro atoms. The second kappa shape index (κ2) is 13.7. The van der Waals surface area contributed by atoms with Gasteiger partial charge in [0.15, 0.2) is 0 Å². The van der Waals surface area contributed by atoms with Crippen LogP contribution in [0.5, 0.6) is 0 Å². The van der Waals surface area contributed by atoms with Gasteiger partial charge in [0.25, 0.3) is 0 Å². The minimum atomic E-state index is 1.12. The highest BCUT2D eigenvalue weighted by atomic mass is 32.1. The Morgan fingerprint density at radius 3 is 1.39 bits per heavy atom. The third-order valence-electron chi connectivity index (χ3n) is 11.5. The Morgan fingerprint density at radius 2 is 0.712 bits per heavy atom. The molecule has 3 nitrogen and oxygen atoms in total. The molecular formula is C54H35N3S2. The first-order valence-corrected chi connectivity index (χ1v) is 21.6. The van der Waals surface area contributed by atoms with Crippen LogP contribution in [-0.2, 0) is 0 Å². The fourth-order valence-electron chi connectivity index (χ4n) is 8.89. The van der Waals surface area contributed by atoms with Crippen LogP contribution in [0.4, 0.5) is 34.1 Å². The largest absolute Gasteiger partial charge is 0.310 e. The molecular weight excluding hydrogens is 755 g/mol. The number of benzene rings is 9. The SMILES string of the molecule is c1ccc(N(c2ccccc2)c2ccc3sc4cc(N(c5ccc6c(c5)sc5ccccc56)c5ccc6c(c5)c5ccccc5n6-c5ccccc5)ccc4c3c2)cc1. The number of hydrogen-bond acceptors (Lipinski definition) is 4. The van der Waals surface area contributed by atoms with Crippen LogP contribution in [0, 0.1) is 0 Å². The number of para-hydroxylation sites is 4. The molecule has 9 aromatic carbocycles. The summed E-state index contributed by atoms with van der Waals surface area (Å²) in [5.74, 6) is 0. The quantitative estimate of drug-likeness (QED) is 0.159. The van der Waals surface area contributed by atoms with Crippen molar-refractivity contribution in [3.8, 4) is 5.69 Å². The lowest BCUT2D eigenvalue weighted by Gasteiger charge is -2.26. The van der Waals surface area contributed by atoms with Crippen molar-refractivity contribution in [3.63, 3.8) is 0 Å². The standard InChI is InChI=1S/C54H35N3S2/c1-4-14-36(15-5-1)55(37-16-6-2-7-17-37)40-27-31-52-48(33-40)46-29-25-42(35-54(46)59-52)56(41-24-28-45-44-21-11-13-23-51(44)58-53(45)34-41)39-26-30-50-47(32-39)43-20-10-12-22-49(43)57(50)38-18-8-3-9-19-38/h1-35H. The molecule has 0 fully saturated rings. The van der Waals surface area contributed by atoms with Crippen LogP contribution in [-0.4, -0.2) is 4.57 Å². The summed E-state index contributed by atoms with van der Waals surface area (Å²) in [6.07, 6.45) is 0. The van der Waals surface area contributed by atoms with Crippen molar-refractivity contribution < 1.29 is 0 Å². The Morgan fingerprint density at radius 1 is 0.271 bits per heavy atom. The number of nitrogens with zero attached hydrogens (tertiary/aromatic N) is 3. The summed E-state index contributed by atoms with van der Waals surface area (Å²) < 4.78 is 7.51. The van der Waals surface area contributed by atoms with Crippen molar-refractivity contribution in [2.24, 2.45) is 0 Å². The van der Waals surface area contributed by atoms with Crippen LogP contribution in [0.3, 0.4) is 0 Å². The van der Waals surface area contributed by atoms with Crippen molar-refractivity contribution in [1.82, 2.24) is 4.57 Å². The Bertz CT molecular complexity index is 3470. The Labute approximate surface area is 349 Å². The van der Waals surface area contributed by atoms with Gasteiger partial charge in [-0.3, -0.25) is 0 Å². The van der Waals surface area contributed by atoms with Crippen LogP contribution in [0.1, 0.15) is 0 Å². The predicted octanol–water partition coefficient (Wildman–Crippen LogP) is 16.5. The van der Waals surface area contributed by atoms with E-state index in [2.05, 4.69) is 227 Å². The minimum absolute atomic E-state index is 1.12. The summed E-state index contributed by atoms with van der Waals surface area (Å²) in [4.78, 5) is 4.79. The summed E-state index contributed by atoms with van der Waals surface area (Å²) in [5.41, 5.74) is 10.4. The molecule has 12 aromatic rings. The van der Waals surface area contributed by atoms with Crippen LogP contribution in [0.15, 0.2) is 212 Å². The molecule has 59 heavy (non-hydrogen) atoms. The van der Waals surface area contributed by atoms with Crippen LogP contribution >= 0.6 is 22.7 Å². The lowest BCUT2D eigenvalue weighted by Crippen LogP contribution is -2.09. The topological polar surface area (TPSA) is 11.4 Å². The normalized spacial score (nSPS) is 11.7. The number of hydrogen-bond donors (Lipinski definition) is 0. The maximum absolute atomic E-state index is 2.44.